The quantitative estimate of drug-likeness (QED) is 0.405. The van der Waals surface area contributed by atoms with Crippen LogP contribution < -0.4 is 15.8 Å². The lowest BCUT2D eigenvalue weighted by atomic mass is 9.66. The highest BCUT2D eigenvalue weighted by Crippen LogP contribution is 2.52. The van der Waals surface area contributed by atoms with Crippen LogP contribution in [0.1, 0.15) is 22.8 Å². The second-order valence-electron chi connectivity index (χ2n) is 7.37. The Balaban J connectivity index is 1.97. The largest absolute Gasteiger partial charge is 0.460 e. The molecule has 0 aromatic heterocycles. The SMILES string of the molecule is COCCOC(=O)C1=C(N)Oc2ccccc2[C@]12C(=O)NC(C)=C2C(=O)c1ccccc1. The molecule has 8 nitrogen and oxygen atoms in total. The molecule has 1 amide bonds. The van der Waals surface area contributed by atoms with Gasteiger partial charge in [-0.1, -0.05) is 48.5 Å². The Morgan fingerprint density at radius 2 is 1.72 bits per heavy atom. The van der Waals surface area contributed by atoms with Crippen LogP contribution in [0.3, 0.4) is 0 Å². The van der Waals surface area contributed by atoms with Crippen LogP contribution in [0.25, 0.3) is 0 Å². The van der Waals surface area contributed by atoms with Gasteiger partial charge in [0.05, 0.1) is 6.61 Å². The summed E-state index contributed by atoms with van der Waals surface area (Å²) in [4.78, 5) is 40.5. The van der Waals surface area contributed by atoms with Gasteiger partial charge in [0.25, 0.3) is 0 Å². The van der Waals surface area contributed by atoms with E-state index in [9.17, 15) is 14.4 Å². The number of amides is 1. The van der Waals surface area contributed by atoms with Crippen molar-refractivity contribution in [1.82, 2.24) is 5.32 Å². The smallest absolute Gasteiger partial charge is 0.341 e. The van der Waals surface area contributed by atoms with Gasteiger partial charge in [-0.2, -0.15) is 0 Å². The van der Waals surface area contributed by atoms with Crippen molar-refractivity contribution >= 4 is 17.7 Å². The monoisotopic (exact) mass is 434 g/mol. The summed E-state index contributed by atoms with van der Waals surface area (Å²) in [7, 11) is 1.47. The van der Waals surface area contributed by atoms with Gasteiger partial charge in [0.15, 0.2) is 5.78 Å². The lowest BCUT2D eigenvalue weighted by Crippen LogP contribution is -2.48. The van der Waals surface area contributed by atoms with E-state index < -0.39 is 23.1 Å². The van der Waals surface area contributed by atoms with E-state index in [-0.39, 0.29) is 36.0 Å². The highest BCUT2D eigenvalue weighted by Gasteiger charge is 2.61. The second-order valence-corrected chi connectivity index (χ2v) is 7.37. The number of rotatable bonds is 6. The molecule has 0 fully saturated rings. The molecule has 0 bridgehead atoms. The third kappa shape index (κ3) is 3.16. The molecule has 3 N–H and O–H groups in total. The molecule has 2 aliphatic rings. The van der Waals surface area contributed by atoms with Crippen molar-refractivity contribution < 1.29 is 28.6 Å². The molecule has 2 aromatic rings. The average Bonchev–Trinajstić information content (AvgIpc) is 3.04. The van der Waals surface area contributed by atoms with Gasteiger partial charge in [-0.05, 0) is 13.0 Å². The molecule has 0 unspecified atom stereocenters. The van der Waals surface area contributed by atoms with Gasteiger partial charge < -0.3 is 25.3 Å². The van der Waals surface area contributed by atoms with E-state index in [4.69, 9.17) is 19.9 Å². The fourth-order valence-electron chi connectivity index (χ4n) is 4.19. The predicted octanol–water partition coefficient (Wildman–Crippen LogP) is 1.96. The molecular weight excluding hydrogens is 412 g/mol. The third-order valence-corrected chi connectivity index (χ3v) is 5.51. The normalized spacial score (nSPS) is 19.5. The standard InChI is InChI=1S/C24H22N2O6/c1-14-18(20(27)15-8-4-3-5-9-15)24(23(29)26-14)16-10-6-7-11-17(16)32-21(25)19(24)22(28)31-13-12-30-2/h3-11H,12-13,25H2,1-2H3,(H,26,29)/t24-/m1/s1. The van der Waals surface area contributed by atoms with E-state index in [2.05, 4.69) is 5.32 Å². The number of hydrogen-bond donors (Lipinski definition) is 2. The number of hydrogen-bond acceptors (Lipinski definition) is 7. The molecule has 0 saturated heterocycles. The van der Waals surface area contributed by atoms with E-state index in [1.165, 1.54) is 7.11 Å². The molecule has 0 radical (unpaired) electrons. The van der Waals surface area contributed by atoms with Crippen molar-refractivity contribution in [3.8, 4) is 5.75 Å². The van der Waals surface area contributed by atoms with Gasteiger partial charge in [0, 0.05) is 29.5 Å². The van der Waals surface area contributed by atoms with Crippen LogP contribution in [0.15, 0.2) is 77.3 Å². The number of allylic oxidation sites excluding steroid dienone is 1. The highest BCUT2D eigenvalue weighted by atomic mass is 16.6. The minimum Gasteiger partial charge on any atom is -0.460 e. The van der Waals surface area contributed by atoms with Crippen molar-refractivity contribution in [2.24, 2.45) is 5.73 Å². The third-order valence-electron chi connectivity index (χ3n) is 5.51. The van der Waals surface area contributed by atoms with Crippen LogP contribution in [-0.4, -0.2) is 38.0 Å². The number of fused-ring (bicyclic) bond motifs is 2. The lowest BCUT2D eigenvalue weighted by Gasteiger charge is -2.36. The molecule has 164 valence electrons. The summed E-state index contributed by atoms with van der Waals surface area (Å²) in [5, 5.41) is 2.73. The Labute approximate surface area is 184 Å². The molecule has 1 atom stereocenters. The van der Waals surface area contributed by atoms with Gasteiger partial charge in [-0.15, -0.1) is 0 Å². The summed E-state index contributed by atoms with van der Waals surface area (Å²) in [6, 6.07) is 15.2. The number of para-hydroxylation sites is 1. The van der Waals surface area contributed by atoms with Crippen molar-refractivity contribution in [1.29, 1.82) is 0 Å². The summed E-state index contributed by atoms with van der Waals surface area (Å²) >= 11 is 0. The van der Waals surface area contributed by atoms with Crippen LogP contribution in [0, 0.1) is 0 Å². The van der Waals surface area contributed by atoms with E-state index >= 15 is 0 Å². The number of Topliss-reactive ketones (excluding diaryl/α,β-unsaturated/α-hetero) is 1. The minimum atomic E-state index is -1.82. The number of nitrogens with two attached hydrogens (primary N) is 1. The Kier molecular flexibility index (Phi) is 5.54. The van der Waals surface area contributed by atoms with Gasteiger partial charge in [-0.3, -0.25) is 9.59 Å². The van der Waals surface area contributed by atoms with Crippen LogP contribution >= 0.6 is 0 Å². The topological polar surface area (TPSA) is 117 Å². The Bertz CT molecular complexity index is 1170. The van der Waals surface area contributed by atoms with Crippen molar-refractivity contribution in [2.45, 2.75) is 12.3 Å². The first-order valence-corrected chi connectivity index (χ1v) is 9.99. The molecule has 32 heavy (non-hydrogen) atoms. The van der Waals surface area contributed by atoms with Gasteiger partial charge in [0.1, 0.15) is 23.3 Å². The van der Waals surface area contributed by atoms with Crippen molar-refractivity contribution in [2.75, 3.05) is 20.3 Å². The molecule has 0 saturated carbocycles. The first-order valence-electron chi connectivity index (χ1n) is 9.99. The zero-order chi connectivity index (χ0) is 22.9. The maximum absolute atomic E-state index is 13.7. The van der Waals surface area contributed by atoms with Gasteiger partial charge >= 0.3 is 5.97 Å². The number of carbonyl (C=O) groups excluding carboxylic acids is 3. The maximum Gasteiger partial charge on any atom is 0.341 e. The number of carbonyl (C=O) groups is 3. The summed E-state index contributed by atoms with van der Waals surface area (Å²) in [5.74, 6) is -1.87. The lowest BCUT2D eigenvalue weighted by molar-refractivity contribution is -0.142. The summed E-state index contributed by atoms with van der Waals surface area (Å²) < 4.78 is 15.9. The van der Waals surface area contributed by atoms with Crippen LogP contribution in [0.4, 0.5) is 0 Å². The molecule has 8 heteroatoms. The number of methoxy groups -OCH3 is 1. The van der Waals surface area contributed by atoms with E-state index in [1.807, 2.05) is 0 Å². The van der Waals surface area contributed by atoms with Crippen molar-refractivity contribution in [3.05, 3.63) is 88.5 Å². The number of benzene rings is 2. The number of ketones is 1. The van der Waals surface area contributed by atoms with E-state index in [0.29, 0.717) is 16.8 Å². The Morgan fingerprint density at radius 1 is 1.03 bits per heavy atom. The molecule has 2 heterocycles. The minimum absolute atomic E-state index is 0.0594. The van der Waals surface area contributed by atoms with Crippen LogP contribution in [0.5, 0.6) is 5.75 Å². The summed E-state index contributed by atoms with van der Waals surface area (Å²) in [6.45, 7) is 1.71. The number of esters is 1. The fraction of sp³-hybridized carbons (Fsp3) is 0.208. The Hall–Kier alpha value is -3.91. The van der Waals surface area contributed by atoms with Crippen LogP contribution in [-0.2, 0) is 24.5 Å². The molecule has 2 aliphatic heterocycles. The first-order chi connectivity index (χ1) is 15.4. The summed E-state index contributed by atoms with van der Waals surface area (Å²) in [5.41, 5.74) is 5.25. The fourth-order valence-corrected chi connectivity index (χ4v) is 4.19. The summed E-state index contributed by atoms with van der Waals surface area (Å²) in [6.07, 6.45) is 0. The van der Waals surface area contributed by atoms with Gasteiger partial charge in [0.2, 0.25) is 11.8 Å². The zero-order valence-corrected chi connectivity index (χ0v) is 17.6. The molecule has 4 rings (SSSR count). The second kappa shape index (κ2) is 8.32. The number of nitrogens with one attached hydrogen (secondary N) is 1. The van der Waals surface area contributed by atoms with E-state index in [1.54, 1.807) is 61.5 Å². The Morgan fingerprint density at radius 3 is 2.44 bits per heavy atom. The molecule has 0 aliphatic carbocycles. The average molecular weight is 434 g/mol. The maximum atomic E-state index is 13.7. The van der Waals surface area contributed by atoms with E-state index in [0.717, 1.165) is 0 Å². The number of ether oxygens (including phenoxy) is 3. The van der Waals surface area contributed by atoms with Crippen molar-refractivity contribution in [3.63, 3.8) is 0 Å². The van der Waals surface area contributed by atoms with Gasteiger partial charge in [-0.25, -0.2) is 4.79 Å². The van der Waals surface area contributed by atoms with Crippen LogP contribution in [0.2, 0.25) is 0 Å². The molecular formula is C24H22N2O6. The highest BCUT2D eigenvalue weighted by molar-refractivity contribution is 6.22. The predicted molar refractivity (Wildman–Crippen MR) is 114 cm³/mol. The molecule has 2 aromatic carbocycles. The molecule has 1 spiro atoms. The first kappa shape index (κ1) is 21.3. The zero-order valence-electron chi connectivity index (χ0n) is 17.6.